The molecule has 2 N–H and O–H groups in total. The molecule has 3 heterocycles. The molecule has 1 amide bonds. The topological polar surface area (TPSA) is 115 Å². The number of nitrogens with zero attached hydrogens (tertiary/aromatic N) is 3. The summed E-state index contributed by atoms with van der Waals surface area (Å²) in [6, 6.07) is 20.6. The fourth-order valence-corrected chi connectivity index (χ4v) is 5.62. The molecule has 2 aliphatic heterocycles. The molecule has 1 aromatic heterocycles. The van der Waals surface area contributed by atoms with Crippen LogP contribution in [-0.2, 0) is 27.4 Å². The number of esters is 1. The predicted molar refractivity (Wildman–Crippen MR) is 154 cm³/mol. The van der Waals surface area contributed by atoms with Crippen molar-refractivity contribution >= 4 is 40.0 Å². The van der Waals surface area contributed by atoms with Crippen LogP contribution < -0.4 is 0 Å². The monoisotopic (exact) mass is 550 g/mol. The third-order valence-corrected chi connectivity index (χ3v) is 7.68. The number of carbonyl (C=O) groups excluding carboxylic acids is 3. The van der Waals surface area contributed by atoms with E-state index in [-0.39, 0.29) is 24.1 Å². The Bertz CT molecular complexity index is 1690. The number of Topliss-reactive ketones (excluding diaryl/α,β-unsaturated/α-hetero) is 1. The van der Waals surface area contributed by atoms with Crippen molar-refractivity contribution in [2.24, 2.45) is 4.99 Å². The van der Waals surface area contributed by atoms with Crippen molar-refractivity contribution in [1.82, 2.24) is 14.8 Å². The van der Waals surface area contributed by atoms with E-state index in [0.717, 1.165) is 29.7 Å². The zero-order valence-electron chi connectivity index (χ0n) is 22.7. The van der Waals surface area contributed by atoms with Crippen molar-refractivity contribution in [3.05, 3.63) is 94.5 Å². The fourth-order valence-electron chi connectivity index (χ4n) is 5.62. The number of fused-ring (bicyclic) bond motifs is 2. The van der Waals surface area contributed by atoms with Gasteiger partial charge in [0.2, 0.25) is 5.91 Å². The summed E-state index contributed by atoms with van der Waals surface area (Å²) >= 11 is 0. The zero-order valence-corrected chi connectivity index (χ0v) is 22.7. The molecule has 0 spiro atoms. The van der Waals surface area contributed by atoms with Gasteiger partial charge in [0.15, 0.2) is 5.88 Å². The van der Waals surface area contributed by atoms with Gasteiger partial charge in [-0.15, -0.1) is 0 Å². The number of aromatic hydroxyl groups is 1. The van der Waals surface area contributed by atoms with Crippen molar-refractivity contribution in [3.63, 3.8) is 0 Å². The summed E-state index contributed by atoms with van der Waals surface area (Å²) in [4.78, 5) is 48.6. The molecule has 0 saturated carbocycles. The Balaban J connectivity index is 1.32. The lowest BCUT2D eigenvalue weighted by Gasteiger charge is -2.27. The number of aromatic amines is 1. The van der Waals surface area contributed by atoms with E-state index in [1.54, 1.807) is 18.2 Å². The molecule has 0 atom stereocenters. The molecule has 6 rings (SSSR count). The van der Waals surface area contributed by atoms with Gasteiger partial charge in [0.25, 0.3) is 0 Å². The minimum Gasteiger partial charge on any atom is -0.494 e. The largest absolute Gasteiger partial charge is 0.494 e. The number of H-pyrrole nitrogens is 1. The molecular weight excluding hydrogens is 520 g/mol. The van der Waals surface area contributed by atoms with Gasteiger partial charge in [0, 0.05) is 36.0 Å². The maximum Gasteiger partial charge on any atom is 0.337 e. The molecule has 3 aromatic carbocycles. The van der Waals surface area contributed by atoms with Gasteiger partial charge >= 0.3 is 5.97 Å². The first kappa shape index (κ1) is 26.5. The Morgan fingerprint density at radius 3 is 2.56 bits per heavy atom. The second-order valence-corrected chi connectivity index (χ2v) is 10.5. The molecule has 2 aliphatic rings. The van der Waals surface area contributed by atoms with Gasteiger partial charge in [-0.05, 0) is 48.4 Å². The van der Waals surface area contributed by atoms with Crippen molar-refractivity contribution in [3.8, 4) is 5.88 Å². The maximum absolute atomic E-state index is 13.0. The number of aliphatic imine (C=N–C) groups is 1. The van der Waals surface area contributed by atoms with Crippen LogP contribution in [0.5, 0.6) is 5.88 Å². The zero-order chi connectivity index (χ0) is 28.5. The van der Waals surface area contributed by atoms with Crippen LogP contribution >= 0.6 is 0 Å². The van der Waals surface area contributed by atoms with Crippen molar-refractivity contribution in [2.75, 3.05) is 26.7 Å². The molecule has 41 heavy (non-hydrogen) atoms. The second-order valence-electron chi connectivity index (χ2n) is 10.5. The number of hydrogen-bond donors (Lipinski definition) is 2. The average Bonchev–Trinajstić information content (AvgIpc) is 3.55. The van der Waals surface area contributed by atoms with Gasteiger partial charge in [0.1, 0.15) is 5.78 Å². The number of rotatable bonds is 6. The van der Waals surface area contributed by atoms with E-state index < -0.39 is 5.97 Å². The van der Waals surface area contributed by atoms with E-state index in [9.17, 15) is 19.5 Å². The Morgan fingerprint density at radius 1 is 0.976 bits per heavy atom. The summed E-state index contributed by atoms with van der Waals surface area (Å²) < 4.78 is 4.84. The Morgan fingerprint density at radius 2 is 1.78 bits per heavy atom. The first-order valence-electron chi connectivity index (χ1n) is 13.6. The lowest BCUT2D eigenvalue weighted by Crippen LogP contribution is -2.43. The highest BCUT2D eigenvalue weighted by molar-refractivity contribution is 6.22. The lowest BCUT2D eigenvalue weighted by atomic mass is 10.00. The van der Waals surface area contributed by atoms with Gasteiger partial charge in [-0.2, -0.15) is 0 Å². The Kier molecular flexibility index (Phi) is 7.11. The second kappa shape index (κ2) is 11.0. The van der Waals surface area contributed by atoms with Crippen LogP contribution in [0, 0.1) is 0 Å². The van der Waals surface area contributed by atoms with E-state index in [4.69, 9.17) is 9.73 Å². The van der Waals surface area contributed by atoms with Crippen LogP contribution in [0.2, 0.25) is 0 Å². The van der Waals surface area contributed by atoms with Gasteiger partial charge < -0.3 is 19.7 Å². The number of ether oxygens (including phenoxy) is 1. The third-order valence-electron chi connectivity index (χ3n) is 7.68. The summed E-state index contributed by atoms with van der Waals surface area (Å²) in [6.07, 6.45) is 1.40. The summed E-state index contributed by atoms with van der Waals surface area (Å²) in [7, 11) is 1.33. The molecule has 208 valence electrons. The summed E-state index contributed by atoms with van der Waals surface area (Å²) in [5.41, 5.74) is 5.65. The molecule has 0 radical (unpaired) electrons. The number of benzene rings is 3. The summed E-state index contributed by atoms with van der Waals surface area (Å²) in [6.45, 7) is 2.37. The van der Waals surface area contributed by atoms with Crippen LogP contribution in [0.4, 0.5) is 5.69 Å². The predicted octanol–water partition coefficient (Wildman–Crippen LogP) is 4.34. The van der Waals surface area contributed by atoms with Gasteiger partial charge in [-0.25, -0.2) is 9.79 Å². The number of amides is 1. The van der Waals surface area contributed by atoms with Crippen molar-refractivity contribution in [1.29, 1.82) is 0 Å². The molecule has 1 fully saturated rings. The minimum absolute atomic E-state index is 0.0148. The molecule has 0 bridgehead atoms. The van der Waals surface area contributed by atoms with E-state index in [2.05, 4.69) is 4.98 Å². The highest BCUT2D eigenvalue weighted by Crippen LogP contribution is 2.33. The van der Waals surface area contributed by atoms with Crippen LogP contribution in [0.25, 0.3) is 10.9 Å². The molecule has 4 aromatic rings. The Labute approximate surface area is 237 Å². The van der Waals surface area contributed by atoms with Crippen LogP contribution in [0.3, 0.4) is 0 Å². The highest BCUT2D eigenvalue weighted by Gasteiger charge is 2.27. The van der Waals surface area contributed by atoms with E-state index in [1.165, 1.54) is 7.11 Å². The smallest absolute Gasteiger partial charge is 0.337 e. The quantitative estimate of drug-likeness (QED) is 0.273. The van der Waals surface area contributed by atoms with Crippen molar-refractivity contribution < 1.29 is 24.2 Å². The molecule has 9 nitrogen and oxygen atoms in total. The minimum atomic E-state index is -0.463. The van der Waals surface area contributed by atoms with Crippen LogP contribution in [0.1, 0.15) is 45.5 Å². The molecule has 9 heteroatoms. The van der Waals surface area contributed by atoms with Gasteiger partial charge in [-0.3, -0.25) is 14.5 Å². The number of hydrogen-bond acceptors (Lipinski definition) is 7. The number of ketones is 1. The van der Waals surface area contributed by atoms with Gasteiger partial charge in [-0.1, -0.05) is 42.5 Å². The number of aromatic nitrogens is 1. The molecule has 0 aliphatic carbocycles. The lowest BCUT2D eigenvalue weighted by molar-refractivity contribution is -0.134. The first-order chi connectivity index (χ1) is 19.9. The number of nitrogens with one attached hydrogen (secondary N) is 1. The van der Waals surface area contributed by atoms with E-state index >= 15 is 0 Å². The molecule has 0 unspecified atom stereocenters. The standard InChI is InChI=1S/C32H30N4O5/c1-41-32(40)21-10-12-26-27(15-21)34-31(39)29(26)30(20-6-3-2-4-7-20)33-24-11-9-22-16-36(17-23(22)14-24)28(38)19-35-13-5-8-25(37)18-35/h2-4,6-7,9-12,14-15,34,39H,5,8,13,16-19H2,1H3. The average molecular weight is 551 g/mol. The van der Waals surface area contributed by atoms with Crippen LogP contribution in [0.15, 0.2) is 71.7 Å². The normalized spacial score (nSPS) is 15.8. The number of likely N-dealkylation sites (tertiary alicyclic amines) is 1. The van der Waals surface area contributed by atoms with Crippen LogP contribution in [-0.4, -0.2) is 70.0 Å². The summed E-state index contributed by atoms with van der Waals surface area (Å²) in [5, 5.41) is 11.7. The molecular formula is C32H30N4O5. The SMILES string of the molecule is COC(=O)c1ccc2c(C(=Nc3ccc4c(c3)CN(C(=O)CN3CCCC(=O)C3)C4)c3ccccc3)c(O)[nH]c2c1. The third kappa shape index (κ3) is 5.36. The molecule has 1 saturated heterocycles. The summed E-state index contributed by atoms with van der Waals surface area (Å²) in [5.74, 6) is -0.315. The number of carbonyl (C=O) groups is 3. The highest BCUT2D eigenvalue weighted by atomic mass is 16.5. The number of piperidine rings is 1. The van der Waals surface area contributed by atoms with E-state index in [1.807, 2.05) is 58.3 Å². The number of methoxy groups -OCH3 is 1. The van der Waals surface area contributed by atoms with Crippen molar-refractivity contribution in [2.45, 2.75) is 25.9 Å². The van der Waals surface area contributed by atoms with Gasteiger partial charge in [0.05, 0.1) is 42.7 Å². The Hall–Kier alpha value is -4.76. The maximum atomic E-state index is 13.0. The fraction of sp³-hybridized carbons (Fsp3) is 0.250. The first-order valence-corrected chi connectivity index (χ1v) is 13.6. The van der Waals surface area contributed by atoms with E-state index in [0.29, 0.717) is 59.5 Å².